The minimum atomic E-state index is -3.38. The van der Waals surface area contributed by atoms with E-state index >= 15 is 0 Å². The zero-order valence-electron chi connectivity index (χ0n) is 16.7. The molecule has 29 heavy (non-hydrogen) atoms. The first-order chi connectivity index (χ1) is 13.9. The van der Waals surface area contributed by atoms with Crippen LogP contribution in [0.4, 0.5) is 0 Å². The van der Waals surface area contributed by atoms with E-state index in [0.717, 1.165) is 27.6 Å². The lowest BCUT2D eigenvalue weighted by molar-refractivity contribution is 0.338. The number of methoxy groups -OCH3 is 2. The summed E-state index contributed by atoms with van der Waals surface area (Å²) in [5.74, 6) is 1.24. The Morgan fingerprint density at radius 1 is 1.14 bits per heavy atom. The van der Waals surface area contributed by atoms with Crippen LogP contribution in [-0.4, -0.2) is 44.7 Å². The topological polar surface area (TPSA) is 71.6 Å². The Morgan fingerprint density at radius 2 is 1.86 bits per heavy atom. The van der Waals surface area contributed by atoms with Gasteiger partial charge in [0.25, 0.3) is 0 Å². The zero-order chi connectivity index (χ0) is 20.6. The van der Waals surface area contributed by atoms with E-state index < -0.39 is 16.1 Å². The molecule has 0 bridgehead atoms. The Hall–Kier alpha value is -2.77. The highest BCUT2D eigenvalue weighted by Gasteiger charge is 2.32. The molecule has 0 amide bonds. The molecule has 152 valence electrons. The standard InChI is InChI=1S/C22H24N2O4S/c1-27-21-12-15-10-11-24(29(3,25)26)20(18(15)13-22(21)28-2)9-8-16-14-23-19-7-5-4-6-17(16)19/h4-9,12-14,20,23H,10-11H2,1-3H3/b9-8+/t20-/m0/s1. The second-order valence-corrected chi connectivity index (χ2v) is 9.06. The van der Waals surface area contributed by atoms with Crippen LogP contribution in [0.2, 0.25) is 0 Å². The molecule has 2 heterocycles. The third-order valence-corrected chi connectivity index (χ3v) is 6.64. The van der Waals surface area contributed by atoms with Gasteiger partial charge in [-0.25, -0.2) is 8.42 Å². The van der Waals surface area contributed by atoms with Gasteiger partial charge in [0.05, 0.1) is 26.5 Å². The zero-order valence-corrected chi connectivity index (χ0v) is 17.5. The quantitative estimate of drug-likeness (QED) is 0.693. The predicted molar refractivity (Wildman–Crippen MR) is 115 cm³/mol. The first-order valence-electron chi connectivity index (χ1n) is 9.38. The van der Waals surface area contributed by atoms with Gasteiger partial charge in [-0.15, -0.1) is 0 Å². The van der Waals surface area contributed by atoms with E-state index in [2.05, 4.69) is 4.98 Å². The number of rotatable bonds is 5. The van der Waals surface area contributed by atoms with Crippen molar-refractivity contribution in [3.05, 3.63) is 65.4 Å². The Kier molecular flexibility index (Phi) is 5.10. The number of hydrogen-bond acceptors (Lipinski definition) is 4. The van der Waals surface area contributed by atoms with Crippen LogP contribution in [0.3, 0.4) is 0 Å². The van der Waals surface area contributed by atoms with Gasteiger partial charge in [0.1, 0.15) is 0 Å². The van der Waals surface area contributed by atoms with Crippen LogP contribution in [0.15, 0.2) is 48.7 Å². The van der Waals surface area contributed by atoms with E-state index in [-0.39, 0.29) is 0 Å². The van der Waals surface area contributed by atoms with Crippen molar-refractivity contribution < 1.29 is 17.9 Å². The number of aromatic nitrogens is 1. The van der Waals surface area contributed by atoms with Gasteiger partial charge < -0.3 is 14.5 Å². The van der Waals surface area contributed by atoms with E-state index in [1.165, 1.54) is 10.6 Å². The Labute approximate surface area is 170 Å². The van der Waals surface area contributed by atoms with Gasteiger partial charge in [-0.2, -0.15) is 4.31 Å². The van der Waals surface area contributed by atoms with Crippen LogP contribution in [-0.2, 0) is 16.4 Å². The molecule has 0 saturated carbocycles. The number of ether oxygens (including phenoxy) is 2. The van der Waals surface area contributed by atoms with Crippen molar-refractivity contribution >= 4 is 27.0 Å². The maximum Gasteiger partial charge on any atom is 0.212 e. The van der Waals surface area contributed by atoms with Crippen LogP contribution in [0, 0.1) is 0 Å². The fraction of sp³-hybridized carbons (Fsp3) is 0.273. The van der Waals surface area contributed by atoms with Crippen LogP contribution in [0.25, 0.3) is 17.0 Å². The van der Waals surface area contributed by atoms with E-state index in [1.54, 1.807) is 14.2 Å². The maximum absolute atomic E-state index is 12.5. The van der Waals surface area contributed by atoms with Crippen molar-refractivity contribution in [2.24, 2.45) is 0 Å². The van der Waals surface area contributed by atoms with Crippen LogP contribution < -0.4 is 9.47 Å². The lowest BCUT2D eigenvalue weighted by Crippen LogP contribution is -2.38. The summed E-state index contributed by atoms with van der Waals surface area (Å²) in [5, 5.41) is 1.10. The lowest BCUT2D eigenvalue weighted by atomic mass is 9.93. The average molecular weight is 413 g/mol. The molecule has 7 heteroatoms. The predicted octanol–water partition coefficient (Wildman–Crippen LogP) is 3.76. The molecular formula is C22H24N2O4S. The summed E-state index contributed by atoms with van der Waals surface area (Å²) in [7, 11) is -0.201. The molecule has 3 aromatic rings. The third kappa shape index (κ3) is 3.63. The van der Waals surface area contributed by atoms with Crippen molar-refractivity contribution in [2.75, 3.05) is 27.0 Å². The monoisotopic (exact) mass is 412 g/mol. The van der Waals surface area contributed by atoms with E-state index in [0.29, 0.717) is 24.5 Å². The fourth-order valence-corrected chi connectivity index (χ4v) is 4.97. The second-order valence-electron chi connectivity index (χ2n) is 7.12. The molecule has 1 aliphatic rings. The molecule has 1 atom stereocenters. The highest BCUT2D eigenvalue weighted by Crippen LogP contribution is 2.40. The smallest absolute Gasteiger partial charge is 0.212 e. The van der Waals surface area contributed by atoms with Crippen molar-refractivity contribution in [1.29, 1.82) is 0 Å². The fourth-order valence-electron chi connectivity index (χ4n) is 3.95. The molecular weight excluding hydrogens is 388 g/mol. The third-order valence-electron chi connectivity index (χ3n) is 5.38. The van der Waals surface area contributed by atoms with Gasteiger partial charge in [0.2, 0.25) is 10.0 Å². The Balaban J connectivity index is 1.81. The number of fused-ring (bicyclic) bond motifs is 2. The Morgan fingerprint density at radius 3 is 2.59 bits per heavy atom. The number of hydrogen-bond donors (Lipinski definition) is 1. The number of sulfonamides is 1. The first kappa shape index (κ1) is 19.5. The number of H-pyrrole nitrogens is 1. The molecule has 0 radical (unpaired) electrons. The number of nitrogens with one attached hydrogen (secondary N) is 1. The second kappa shape index (κ2) is 7.57. The average Bonchev–Trinajstić information content (AvgIpc) is 3.13. The maximum atomic E-state index is 12.5. The summed E-state index contributed by atoms with van der Waals surface area (Å²) < 4.78 is 37.4. The van der Waals surface area contributed by atoms with Crippen molar-refractivity contribution in [3.63, 3.8) is 0 Å². The molecule has 0 spiro atoms. The first-order valence-corrected chi connectivity index (χ1v) is 11.2. The van der Waals surface area contributed by atoms with Gasteiger partial charge in [0, 0.05) is 23.6 Å². The molecule has 4 rings (SSSR count). The summed E-state index contributed by atoms with van der Waals surface area (Å²) in [5.41, 5.74) is 4.04. The summed E-state index contributed by atoms with van der Waals surface area (Å²) in [6.07, 6.45) is 7.74. The molecule has 0 saturated heterocycles. The number of aromatic amines is 1. The van der Waals surface area contributed by atoms with E-state index in [4.69, 9.17) is 9.47 Å². The van der Waals surface area contributed by atoms with Crippen LogP contribution in [0.5, 0.6) is 11.5 Å². The Bertz CT molecular complexity index is 1180. The van der Waals surface area contributed by atoms with Crippen LogP contribution in [0.1, 0.15) is 22.7 Å². The summed E-state index contributed by atoms with van der Waals surface area (Å²) in [4.78, 5) is 3.25. The minimum absolute atomic E-state index is 0.415. The van der Waals surface area contributed by atoms with Gasteiger partial charge in [-0.1, -0.05) is 30.4 Å². The van der Waals surface area contributed by atoms with Crippen molar-refractivity contribution in [1.82, 2.24) is 9.29 Å². The van der Waals surface area contributed by atoms with E-state index in [9.17, 15) is 8.42 Å². The molecule has 1 aliphatic heterocycles. The SMILES string of the molecule is COc1cc2c(cc1OC)[C@H](/C=C/c1c[nH]c3ccccc13)N(S(C)(=O)=O)CC2. The van der Waals surface area contributed by atoms with E-state index in [1.807, 2.05) is 54.7 Å². The molecule has 0 unspecified atom stereocenters. The molecule has 6 nitrogen and oxygen atoms in total. The normalized spacial score (nSPS) is 17.6. The largest absolute Gasteiger partial charge is 0.493 e. The van der Waals surface area contributed by atoms with Crippen LogP contribution >= 0.6 is 0 Å². The lowest BCUT2D eigenvalue weighted by Gasteiger charge is -2.34. The van der Waals surface area contributed by atoms with Gasteiger partial charge in [-0.3, -0.25) is 0 Å². The number of nitrogens with zero attached hydrogens (tertiary/aromatic N) is 1. The van der Waals surface area contributed by atoms with Gasteiger partial charge in [-0.05, 0) is 41.3 Å². The number of para-hydroxylation sites is 1. The summed E-state index contributed by atoms with van der Waals surface area (Å²) >= 11 is 0. The van der Waals surface area contributed by atoms with Crippen molar-refractivity contribution in [3.8, 4) is 11.5 Å². The minimum Gasteiger partial charge on any atom is -0.493 e. The molecule has 2 aromatic carbocycles. The highest BCUT2D eigenvalue weighted by atomic mass is 32.2. The molecule has 0 fully saturated rings. The number of benzene rings is 2. The molecule has 0 aliphatic carbocycles. The van der Waals surface area contributed by atoms with Gasteiger partial charge >= 0.3 is 0 Å². The molecule has 1 aromatic heterocycles. The van der Waals surface area contributed by atoms with Gasteiger partial charge in [0.15, 0.2) is 11.5 Å². The summed E-state index contributed by atoms with van der Waals surface area (Å²) in [6.45, 7) is 0.421. The molecule has 1 N–H and O–H groups in total. The highest BCUT2D eigenvalue weighted by molar-refractivity contribution is 7.88. The van der Waals surface area contributed by atoms with Crippen molar-refractivity contribution in [2.45, 2.75) is 12.5 Å². The summed E-state index contributed by atoms with van der Waals surface area (Å²) in [6, 6.07) is 11.4.